The average Bonchev–Trinajstić information content (AvgIpc) is 2.28. The minimum Gasteiger partial charge on any atom is -0.389 e. The van der Waals surface area contributed by atoms with Crippen LogP contribution in [0.2, 0.25) is 0 Å². The van der Waals surface area contributed by atoms with E-state index in [9.17, 15) is 9.90 Å². The minimum absolute atomic E-state index is 0.236. The highest BCUT2D eigenvalue weighted by Gasteiger charge is 2.31. The summed E-state index contributed by atoms with van der Waals surface area (Å²) in [6.07, 6.45) is 5.33. The molecule has 0 spiro atoms. The number of piperidine rings is 2. The molecule has 2 fully saturated rings. The fourth-order valence-electron chi connectivity index (χ4n) is 3.21. The van der Waals surface area contributed by atoms with E-state index in [1.165, 1.54) is 6.42 Å². The van der Waals surface area contributed by atoms with Gasteiger partial charge in [-0.3, -0.25) is 9.69 Å². The number of nitrogens with zero attached hydrogens (tertiary/aromatic N) is 2. The summed E-state index contributed by atoms with van der Waals surface area (Å²) in [7, 11) is 0. The van der Waals surface area contributed by atoms with Crippen LogP contribution in [0, 0.1) is 0 Å². The molecule has 2 unspecified atom stereocenters. The lowest BCUT2D eigenvalue weighted by Gasteiger charge is -2.39. The molecule has 2 rings (SSSR count). The molecule has 2 aliphatic heterocycles. The van der Waals surface area contributed by atoms with Crippen molar-refractivity contribution in [3.8, 4) is 0 Å². The van der Waals surface area contributed by atoms with Crippen LogP contribution in [0.1, 0.15) is 46.0 Å². The van der Waals surface area contributed by atoms with Crippen molar-refractivity contribution in [1.29, 1.82) is 0 Å². The fourth-order valence-corrected chi connectivity index (χ4v) is 3.21. The van der Waals surface area contributed by atoms with Crippen molar-refractivity contribution in [2.75, 3.05) is 26.2 Å². The highest BCUT2D eigenvalue weighted by atomic mass is 16.3. The van der Waals surface area contributed by atoms with Crippen molar-refractivity contribution < 1.29 is 9.90 Å². The number of aliphatic hydroxyl groups is 1. The van der Waals surface area contributed by atoms with Crippen LogP contribution in [-0.4, -0.2) is 58.6 Å². The predicted molar refractivity (Wildman–Crippen MR) is 71.3 cm³/mol. The second-order valence-corrected chi connectivity index (χ2v) is 6.24. The summed E-state index contributed by atoms with van der Waals surface area (Å²) in [6.45, 7) is 6.95. The van der Waals surface area contributed by atoms with Crippen LogP contribution in [0.15, 0.2) is 0 Å². The Balaban J connectivity index is 1.86. The molecule has 0 bridgehead atoms. The number of β-amino-alcohol motifs (C(OH)–C–C–N with tert-alkyl or cyclic N) is 1. The Kier molecular flexibility index (Phi) is 4.28. The summed E-state index contributed by atoms with van der Waals surface area (Å²) in [5, 5.41) is 10.1. The number of hydrogen-bond donors (Lipinski definition) is 1. The monoisotopic (exact) mass is 254 g/mol. The van der Waals surface area contributed by atoms with Gasteiger partial charge in [-0.25, -0.2) is 0 Å². The van der Waals surface area contributed by atoms with Crippen LogP contribution in [0.25, 0.3) is 0 Å². The van der Waals surface area contributed by atoms with Crippen LogP contribution in [-0.2, 0) is 4.79 Å². The molecular weight excluding hydrogens is 228 g/mol. The van der Waals surface area contributed by atoms with Crippen LogP contribution < -0.4 is 0 Å². The molecule has 2 saturated heterocycles. The zero-order valence-corrected chi connectivity index (χ0v) is 11.7. The summed E-state index contributed by atoms with van der Waals surface area (Å²) in [5.41, 5.74) is -0.619. The van der Waals surface area contributed by atoms with Gasteiger partial charge < -0.3 is 10.0 Å². The van der Waals surface area contributed by atoms with Crippen molar-refractivity contribution in [2.45, 2.75) is 57.6 Å². The van der Waals surface area contributed by atoms with Crippen molar-refractivity contribution in [3.63, 3.8) is 0 Å². The molecule has 2 heterocycles. The second-order valence-electron chi connectivity index (χ2n) is 6.24. The molecule has 0 aromatic carbocycles. The fraction of sp³-hybridized carbons (Fsp3) is 0.929. The molecule has 0 saturated carbocycles. The van der Waals surface area contributed by atoms with E-state index in [-0.39, 0.29) is 5.91 Å². The highest BCUT2D eigenvalue weighted by molar-refractivity contribution is 5.78. The maximum atomic E-state index is 12.3. The zero-order valence-electron chi connectivity index (χ0n) is 11.7. The zero-order chi connectivity index (χ0) is 13.2. The smallest absolute Gasteiger partial charge is 0.236 e. The van der Waals surface area contributed by atoms with Crippen LogP contribution in [0.5, 0.6) is 0 Å². The van der Waals surface area contributed by atoms with Gasteiger partial charge in [0, 0.05) is 19.1 Å². The van der Waals surface area contributed by atoms with Crippen LogP contribution in [0.4, 0.5) is 0 Å². The Morgan fingerprint density at radius 3 is 2.78 bits per heavy atom. The van der Waals surface area contributed by atoms with Crippen LogP contribution >= 0.6 is 0 Å². The molecule has 4 heteroatoms. The minimum atomic E-state index is -0.619. The summed E-state index contributed by atoms with van der Waals surface area (Å²) >= 11 is 0. The van der Waals surface area contributed by atoms with Gasteiger partial charge in [0.15, 0.2) is 0 Å². The van der Waals surface area contributed by atoms with Crippen molar-refractivity contribution in [1.82, 2.24) is 9.80 Å². The van der Waals surface area contributed by atoms with Gasteiger partial charge in [0.2, 0.25) is 5.91 Å². The molecule has 0 aliphatic carbocycles. The topological polar surface area (TPSA) is 43.8 Å². The molecule has 2 aliphatic rings. The van der Waals surface area contributed by atoms with Gasteiger partial charge in [0.25, 0.3) is 0 Å². The number of amides is 1. The third kappa shape index (κ3) is 3.45. The third-order valence-electron chi connectivity index (χ3n) is 4.24. The Morgan fingerprint density at radius 2 is 2.11 bits per heavy atom. The quantitative estimate of drug-likeness (QED) is 0.806. The van der Waals surface area contributed by atoms with Gasteiger partial charge in [0.05, 0.1) is 12.1 Å². The molecule has 0 aromatic heterocycles. The molecule has 0 radical (unpaired) electrons. The van der Waals surface area contributed by atoms with E-state index in [1.807, 2.05) is 11.8 Å². The second kappa shape index (κ2) is 5.57. The van der Waals surface area contributed by atoms with E-state index in [2.05, 4.69) is 11.8 Å². The molecule has 4 nitrogen and oxygen atoms in total. The maximum absolute atomic E-state index is 12.3. The number of hydrogen-bond acceptors (Lipinski definition) is 3. The van der Waals surface area contributed by atoms with E-state index >= 15 is 0 Å². The Bertz CT molecular complexity index is 304. The SMILES string of the molecule is CC1CCCCN1C(=O)CN1CCCC(C)(O)C1. The van der Waals surface area contributed by atoms with Crippen molar-refractivity contribution in [2.24, 2.45) is 0 Å². The molecule has 1 N–H and O–H groups in total. The largest absolute Gasteiger partial charge is 0.389 e. The lowest BCUT2D eigenvalue weighted by Crippen LogP contribution is -2.52. The lowest BCUT2D eigenvalue weighted by atomic mass is 9.95. The lowest BCUT2D eigenvalue weighted by molar-refractivity contribution is -0.137. The van der Waals surface area contributed by atoms with Gasteiger partial charge in [-0.1, -0.05) is 0 Å². The molecule has 0 aromatic rings. The van der Waals surface area contributed by atoms with E-state index < -0.39 is 5.60 Å². The van der Waals surface area contributed by atoms with E-state index in [4.69, 9.17) is 0 Å². The van der Waals surface area contributed by atoms with Gasteiger partial charge in [-0.05, 0) is 52.5 Å². The Labute approximate surface area is 110 Å². The highest BCUT2D eigenvalue weighted by Crippen LogP contribution is 2.21. The van der Waals surface area contributed by atoms with Gasteiger partial charge in [-0.2, -0.15) is 0 Å². The van der Waals surface area contributed by atoms with Gasteiger partial charge in [-0.15, -0.1) is 0 Å². The predicted octanol–water partition coefficient (Wildman–Crippen LogP) is 1.23. The van der Waals surface area contributed by atoms with E-state index in [0.29, 0.717) is 19.1 Å². The first-order valence-corrected chi connectivity index (χ1v) is 7.22. The first-order valence-electron chi connectivity index (χ1n) is 7.22. The molecular formula is C14H26N2O2. The normalized spacial score (nSPS) is 34.6. The molecule has 18 heavy (non-hydrogen) atoms. The van der Waals surface area contributed by atoms with Crippen molar-refractivity contribution >= 4 is 5.91 Å². The van der Waals surface area contributed by atoms with Gasteiger partial charge >= 0.3 is 0 Å². The summed E-state index contributed by atoms with van der Waals surface area (Å²) in [6, 6.07) is 0.386. The molecule has 2 atom stereocenters. The van der Waals surface area contributed by atoms with E-state index in [0.717, 1.165) is 38.8 Å². The number of likely N-dealkylation sites (tertiary alicyclic amines) is 2. The number of rotatable bonds is 2. The maximum Gasteiger partial charge on any atom is 0.236 e. The van der Waals surface area contributed by atoms with E-state index in [1.54, 1.807) is 0 Å². The summed E-state index contributed by atoms with van der Waals surface area (Å²) in [4.78, 5) is 16.4. The van der Waals surface area contributed by atoms with Crippen molar-refractivity contribution in [3.05, 3.63) is 0 Å². The Morgan fingerprint density at radius 1 is 1.33 bits per heavy atom. The van der Waals surface area contributed by atoms with Crippen LogP contribution in [0.3, 0.4) is 0 Å². The molecule has 104 valence electrons. The standard InChI is InChI=1S/C14H26N2O2/c1-12-6-3-4-9-16(12)13(17)10-15-8-5-7-14(2,18)11-15/h12,18H,3-11H2,1-2H3. The first kappa shape index (κ1) is 13.8. The Hall–Kier alpha value is -0.610. The summed E-state index contributed by atoms with van der Waals surface area (Å²) < 4.78 is 0. The van der Waals surface area contributed by atoms with Gasteiger partial charge in [0.1, 0.15) is 0 Å². The number of carbonyl (C=O) groups is 1. The average molecular weight is 254 g/mol. The summed E-state index contributed by atoms with van der Waals surface area (Å²) in [5.74, 6) is 0.236. The molecule has 1 amide bonds. The number of carbonyl (C=O) groups excluding carboxylic acids is 1. The first-order chi connectivity index (χ1) is 8.48. The third-order valence-corrected chi connectivity index (χ3v) is 4.24.